The Bertz CT molecular complexity index is 761. The van der Waals surface area contributed by atoms with E-state index in [9.17, 15) is 9.59 Å². The topological polar surface area (TPSA) is 61.8 Å². The van der Waals surface area contributed by atoms with Crippen LogP contribution in [0.3, 0.4) is 0 Å². The molecule has 2 bridgehead atoms. The van der Waals surface area contributed by atoms with Crippen LogP contribution in [-0.2, 0) is 37.0 Å². The molecule has 2 aliphatic heterocycles. The second-order valence-corrected chi connectivity index (χ2v) is 6.69. The zero-order chi connectivity index (χ0) is 18.6. The van der Waals surface area contributed by atoms with Crippen LogP contribution >= 0.6 is 0 Å². The Hall–Kier alpha value is -2.92. The zero-order valence-corrected chi connectivity index (χ0v) is 14.7. The molecule has 1 fully saturated rings. The van der Waals surface area contributed by atoms with Gasteiger partial charge in [-0.1, -0.05) is 72.8 Å². The van der Waals surface area contributed by atoms with E-state index in [-0.39, 0.29) is 13.2 Å². The number of ether oxygens (including phenoxy) is 3. The van der Waals surface area contributed by atoms with Crippen molar-refractivity contribution < 1.29 is 23.8 Å². The fraction of sp³-hybridized carbons (Fsp3) is 0.273. The highest BCUT2D eigenvalue weighted by atomic mass is 16.6. The van der Waals surface area contributed by atoms with Crippen molar-refractivity contribution >= 4 is 11.9 Å². The first-order valence-electron chi connectivity index (χ1n) is 8.97. The standard InChI is InChI=1S/C22H20O5/c23-21(25-13-15-7-3-1-4-8-15)19-17-11-12-18(27-17)20(19)22(24)26-14-16-9-5-2-6-10-16/h1-12,17-20H,13-14H2/t17-,18+,19-,20+. The minimum atomic E-state index is -0.674. The quantitative estimate of drug-likeness (QED) is 0.582. The molecule has 0 N–H and O–H groups in total. The molecule has 27 heavy (non-hydrogen) atoms. The Morgan fingerprint density at radius 2 is 1.11 bits per heavy atom. The lowest BCUT2D eigenvalue weighted by Crippen LogP contribution is -2.38. The second kappa shape index (κ2) is 7.76. The number of benzene rings is 2. The highest BCUT2D eigenvalue weighted by Gasteiger charge is 2.54. The van der Waals surface area contributed by atoms with E-state index in [2.05, 4.69) is 0 Å². The second-order valence-electron chi connectivity index (χ2n) is 6.69. The van der Waals surface area contributed by atoms with Crippen LogP contribution in [0.25, 0.3) is 0 Å². The third kappa shape index (κ3) is 3.78. The van der Waals surface area contributed by atoms with E-state index in [0.29, 0.717) is 0 Å². The number of carbonyl (C=O) groups is 2. The molecule has 0 unspecified atom stereocenters. The molecule has 4 atom stereocenters. The van der Waals surface area contributed by atoms with Crippen molar-refractivity contribution in [2.75, 3.05) is 0 Å². The van der Waals surface area contributed by atoms with Crippen molar-refractivity contribution in [1.29, 1.82) is 0 Å². The Morgan fingerprint density at radius 3 is 1.52 bits per heavy atom. The smallest absolute Gasteiger partial charge is 0.313 e. The van der Waals surface area contributed by atoms with Crippen molar-refractivity contribution in [2.45, 2.75) is 25.4 Å². The summed E-state index contributed by atoms with van der Waals surface area (Å²) in [5.74, 6) is -2.21. The molecule has 2 aromatic carbocycles. The van der Waals surface area contributed by atoms with Crippen LogP contribution in [-0.4, -0.2) is 24.1 Å². The molecular weight excluding hydrogens is 344 g/mol. The first-order chi connectivity index (χ1) is 13.2. The van der Waals surface area contributed by atoms with Crippen LogP contribution in [0.5, 0.6) is 0 Å². The maximum absolute atomic E-state index is 12.7. The van der Waals surface area contributed by atoms with Gasteiger partial charge in [0, 0.05) is 0 Å². The van der Waals surface area contributed by atoms with E-state index in [1.165, 1.54) is 0 Å². The van der Waals surface area contributed by atoms with E-state index in [1.54, 1.807) is 0 Å². The van der Waals surface area contributed by atoms with Gasteiger partial charge in [-0.25, -0.2) is 0 Å². The summed E-state index contributed by atoms with van der Waals surface area (Å²) in [6.07, 6.45) is 2.76. The van der Waals surface area contributed by atoms with Crippen molar-refractivity contribution in [3.63, 3.8) is 0 Å². The predicted octanol–water partition coefficient (Wildman–Crippen LogP) is 3.04. The lowest BCUT2D eigenvalue weighted by Gasteiger charge is -2.22. The van der Waals surface area contributed by atoms with Gasteiger partial charge in [-0.15, -0.1) is 0 Å². The van der Waals surface area contributed by atoms with Crippen molar-refractivity contribution in [1.82, 2.24) is 0 Å². The summed E-state index contributed by atoms with van der Waals surface area (Å²) in [6, 6.07) is 18.9. The number of carbonyl (C=O) groups excluding carboxylic acids is 2. The first-order valence-corrected chi connectivity index (χ1v) is 8.97. The summed E-state index contributed by atoms with van der Waals surface area (Å²) in [5.41, 5.74) is 1.79. The third-order valence-corrected chi connectivity index (χ3v) is 4.89. The van der Waals surface area contributed by atoms with E-state index in [4.69, 9.17) is 14.2 Å². The molecule has 2 aliphatic rings. The average Bonchev–Trinajstić information content (AvgIpc) is 3.33. The van der Waals surface area contributed by atoms with Gasteiger partial charge in [0.05, 0.1) is 12.2 Å². The van der Waals surface area contributed by atoms with Crippen LogP contribution < -0.4 is 0 Å². The minimum absolute atomic E-state index is 0.170. The van der Waals surface area contributed by atoms with Crippen molar-refractivity contribution in [2.24, 2.45) is 11.8 Å². The van der Waals surface area contributed by atoms with Crippen molar-refractivity contribution in [3.05, 3.63) is 83.9 Å². The maximum atomic E-state index is 12.7. The van der Waals surface area contributed by atoms with E-state index < -0.39 is 36.0 Å². The first kappa shape index (κ1) is 17.5. The normalized spacial score (nSPS) is 25.3. The number of hydrogen-bond donors (Lipinski definition) is 0. The summed E-state index contributed by atoms with van der Waals surface area (Å²) >= 11 is 0. The van der Waals surface area contributed by atoms with Gasteiger partial charge in [-0.2, -0.15) is 0 Å². The van der Waals surface area contributed by atoms with Gasteiger partial charge >= 0.3 is 11.9 Å². The SMILES string of the molecule is O=C(OCc1ccccc1)[C@@H]1[C@H](C(=O)OCc2ccccc2)[C@H]2C=C[C@@H]1O2. The van der Waals surface area contributed by atoms with Gasteiger partial charge in [-0.3, -0.25) is 9.59 Å². The lowest BCUT2D eigenvalue weighted by atomic mass is 9.83. The Balaban J connectivity index is 1.40. The van der Waals surface area contributed by atoms with E-state index in [0.717, 1.165) is 11.1 Å². The average molecular weight is 364 g/mol. The van der Waals surface area contributed by atoms with Gasteiger partial charge < -0.3 is 14.2 Å². The minimum Gasteiger partial charge on any atom is -0.460 e. The lowest BCUT2D eigenvalue weighted by molar-refractivity contribution is -0.161. The Kier molecular flexibility index (Phi) is 5.03. The van der Waals surface area contributed by atoms with Gasteiger partial charge in [0.25, 0.3) is 0 Å². The third-order valence-electron chi connectivity index (χ3n) is 4.89. The molecular formula is C22H20O5. The van der Waals surface area contributed by atoms with Gasteiger partial charge in [0.2, 0.25) is 0 Å². The van der Waals surface area contributed by atoms with Crippen LogP contribution in [0, 0.1) is 11.8 Å². The summed E-state index contributed by atoms with van der Waals surface area (Å²) in [4.78, 5) is 25.3. The predicted molar refractivity (Wildman–Crippen MR) is 97.3 cm³/mol. The van der Waals surface area contributed by atoms with Crippen molar-refractivity contribution in [3.8, 4) is 0 Å². The molecule has 138 valence electrons. The molecule has 0 saturated carbocycles. The van der Waals surface area contributed by atoms with E-state index in [1.807, 2.05) is 72.8 Å². The molecule has 0 aromatic heterocycles. The largest absolute Gasteiger partial charge is 0.460 e. The molecule has 0 aliphatic carbocycles. The summed E-state index contributed by atoms with van der Waals surface area (Å²) in [6.45, 7) is 0.339. The van der Waals surface area contributed by atoms with Crippen LogP contribution in [0.15, 0.2) is 72.8 Å². The Morgan fingerprint density at radius 1 is 0.704 bits per heavy atom. The number of hydrogen-bond acceptors (Lipinski definition) is 5. The maximum Gasteiger partial charge on any atom is 0.313 e. The van der Waals surface area contributed by atoms with Gasteiger partial charge in [0.1, 0.15) is 25.0 Å². The highest BCUT2D eigenvalue weighted by molar-refractivity contribution is 5.85. The molecule has 0 amide bonds. The fourth-order valence-electron chi connectivity index (χ4n) is 3.52. The zero-order valence-electron chi connectivity index (χ0n) is 14.7. The van der Waals surface area contributed by atoms with Crippen LogP contribution in [0.2, 0.25) is 0 Å². The number of rotatable bonds is 6. The molecule has 2 heterocycles. The van der Waals surface area contributed by atoms with Crippen LogP contribution in [0.4, 0.5) is 0 Å². The van der Waals surface area contributed by atoms with Gasteiger partial charge in [-0.05, 0) is 11.1 Å². The number of esters is 2. The molecule has 1 saturated heterocycles. The Labute approximate surface area is 157 Å². The molecule has 5 heteroatoms. The molecule has 5 nitrogen and oxygen atoms in total. The summed E-state index contributed by atoms with van der Waals surface area (Å²) in [7, 11) is 0. The summed E-state index contributed by atoms with van der Waals surface area (Å²) in [5, 5.41) is 0. The molecule has 4 rings (SSSR count). The molecule has 0 spiro atoms. The molecule has 0 radical (unpaired) electrons. The highest BCUT2D eigenvalue weighted by Crippen LogP contribution is 2.40. The summed E-state index contributed by atoms with van der Waals surface area (Å²) < 4.78 is 16.6. The molecule has 2 aromatic rings. The number of fused-ring (bicyclic) bond motifs is 2. The van der Waals surface area contributed by atoms with E-state index >= 15 is 0 Å². The van der Waals surface area contributed by atoms with Gasteiger partial charge in [0.15, 0.2) is 0 Å². The van der Waals surface area contributed by atoms with Crippen LogP contribution in [0.1, 0.15) is 11.1 Å². The monoisotopic (exact) mass is 364 g/mol. The fourth-order valence-corrected chi connectivity index (χ4v) is 3.52.